The zero-order chi connectivity index (χ0) is 20.6. The quantitative estimate of drug-likeness (QED) is 0.599. The number of rotatable bonds is 6. The molecule has 0 saturated carbocycles. The first-order valence-electron chi connectivity index (χ1n) is 9.58. The van der Waals surface area contributed by atoms with Gasteiger partial charge in [-0.25, -0.2) is 0 Å². The van der Waals surface area contributed by atoms with Crippen molar-refractivity contribution in [1.82, 2.24) is 9.78 Å². The first-order valence-corrected chi connectivity index (χ1v) is 11.3. The Morgan fingerprint density at radius 2 is 1.93 bits per heavy atom. The summed E-state index contributed by atoms with van der Waals surface area (Å²) in [5.74, 6) is 0.905. The molecule has 0 amide bonds. The molecule has 4 rings (SSSR count). The first kappa shape index (κ1) is 19.6. The van der Waals surface area contributed by atoms with E-state index in [9.17, 15) is 8.76 Å². The van der Waals surface area contributed by atoms with E-state index in [1.165, 1.54) is 11.1 Å². The molecule has 0 saturated heterocycles. The molecule has 29 heavy (non-hydrogen) atoms. The molecule has 2 aromatic carbocycles. The molecule has 1 heterocycles. The maximum absolute atomic E-state index is 13.0. The van der Waals surface area contributed by atoms with E-state index in [1.807, 2.05) is 39.1 Å². The van der Waals surface area contributed by atoms with Crippen molar-refractivity contribution < 1.29 is 13.5 Å². The lowest BCUT2D eigenvalue weighted by molar-refractivity contribution is 0.306. The fourth-order valence-corrected chi connectivity index (χ4v) is 5.13. The Morgan fingerprint density at radius 3 is 2.62 bits per heavy atom. The zero-order valence-corrected chi connectivity index (χ0v) is 17.7. The molecule has 0 radical (unpaired) electrons. The van der Waals surface area contributed by atoms with Crippen molar-refractivity contribution in [3.05, 3.63) is 82.2 Å². The minimum absolute atomic E-state index is 0.0670. The van der Waals surface area contributed by atoms with Gasteiger partial charge in [0.1, 0.15) is 12.4 Å². The van der Waals surface area contributed by atoms with Crippen LogP contribution in [0.25, 0.3) is 6.08 Å². The third-order valence-corrected chi connectivity index (χ3v) is 7.13. The molecular weight excluding hydrogens is 384 g/mol. The van der Waals surface area contributed by atoms with Crippen LogP contribution in [0.2, 0.25) is 0 Å². The van der Waals surface area contributed by atoms with E-state index < -0.39 is 10.2 Å². The third kappa shape index (κ3) is 4.04. The second-order valence-electron chi connectivity index (χ2n) is 7.46. The highest BCUT2D eigenvalue weighted by Gasteiger charge is 2.32. The Labute approximate surface area is 172 Å². The van der Waals surface area contributed by atoms with Crippen LogP contribution in [0, 0.1) is 13.8 Å². The number of hydrogen-bond acceptors (Lipinski definition) is 3. The van der Waals surface area contributed by atoms with Crippen LogP contribution in [0.5, 0.6) is 5.75 Å². The van der Waals surface area contributed by atoms with Gasteiger partial charge in [0.25, 0.3) is 10.2 Å². The maximum atomic E-state index is 13.0. The highest BCUT2D eigenvalue weighted by Crippen LogP contribution is 2.27. The van der Waals surface area contributed by atoms with E-state index in [0.717, 1.165) is 34.7 Å². The Bertz CT molecular complexity index is 1130. The highest BCUT2D eigenvalue weighted by molar-refractivity contribution is 7.97. The maximum Gasteiger partial charge on any atom is 0.252 e. The van der Waals surface area contributed by atoms with Crippen molar-refractivity contribution in [2.45, 2.75) is 37.5 Å². The van der Waals surface area contributed by atoms with Gasteiger partial charge in [0.2, 0.25) is 0 Å². The zero-order valence-electron chi connectivity index (χ0n) is 16.9. The number of benzene rings is 2. The molecule has 1 unspecified atom stereocenters. The molecule has 150 valence electrons. The Morgan fingerprint density at radius 1 is 1.17 bits per heavy atom. The van der Waals surface area contributed by atoms with Gasteiger partial charge in [-0.05, 0) is 61.2 Å². The third-order valence-electron chi connectivity index (χ3n) is 5.45. The van der Waals surface area contributed by atoms with Crippen LogP contribution in [0.1, 0.15) is 33.6 Å². The molecular formula is C23H25N2O3S+. The first-order chi connectivity index (χ1) is 13.8. The topological polar surface area (TPSA) is 64.4 Å². The number of fused-ring (bicyclic) bond motifs is 1. The molecule has 5 nitrogen and oxygen atoms in total. The lowest BCUT2D eigenvalue weighted by Crippen LogP contribution is -2.14. The standard InChI is InChI=1S/C23H24N2O3S/c1-16-23(17(2)25(3)24-16)15-29(26,27)22-11-7-18(8-12-22)14-28-21-10-9-19-5-4-6-20(19)13-21/h4-5,7-13H,6,14-15H2,1-3H3/p+1. The van der Waals surface area contributed by atoms with E-state index in [4.69, 9.17) is 4.74 Å². The minimum atomic E-state index is -3.19. The van der Waals surface area contributed by atoms with E-state index >= 15 is 0 Å². The van der Waals surface area contributed by atoms with Crippen molar-refractivity contribution >= 4 is 16.3 Å². The second kappa shape index (κ2) is 7.61. The normalized spacial score (nSPS) is 14.6. The smallest absolute Gasteiger partial charge is 0.252 e. The van der Waals surface area contributed by atoms with Gasteiger partial charge in [-0.15, -0.1) is 0 Å². The SMILES string of the molecule is Cc1nn(C)c(C)c1C[S+](=O)(O)c1ccc(COc2ccc3c(c2)CC=C3)cc1. The second-order valence-corrected chi connectivity index (χ2v) is 9.50. The van der Waals surface area contributed by atoms with Crippen LogP contribution in [0.4, 0.5) is 0 Å². The van der Waals surface area contributed by atoms with Crippen molar-refractivity contribution in [3.8, 4) is 5.75 Å². The summed E-state index contributed by atoms with van der Waals surface area (Å²) in [4.78, 5) is 0.424. The lowest BCUT2D eigenvalue weighted by Gasteiger charge is -2.09. The number of allylic oxidation sites excluding steroid dienone is 1. The minimum Gasteiger partial charge on any atom is -0.489 e. The Kier molecular flexibility index (Phi) is 5.15. The predicted molar refractivity (Wildman–Crippen MR) is 115 cm³/mol. The van der Waals surface area contributed by atoms with Gasteiger partial charge in [-0.3, -0.25) is 4.68 Å². The molecule has 3 aromatic rings. The van der Waals surface area contributed by atoms with Crippen LogP contribution in [0.3, 0.4) is 0 Å². The number of aromatic nitrogens is 2. The van der Waals surface area contributed by atoms with Crippen molar-refractivity contribution in [3.63, 3.8) is 0 Å². The summed E-state index contributed by atoms with van der Waals surface area (Å²) < 4.78 is 31.2. The Hall–Kier alpha value is -2.70. The van der Waals surface area contributed by atoms with Gasteiger partial charge in [-0.1, -0.05) is 34.6 Å². The monoisotopic (exact) mass is 409 g/mol. The lowest BCUT2D eigenvalue weighted by atomic mass is 10.1. The van der Waals surface area contributed by atoms with Crippen LogP contribution >= 0.6 is 0 Å². The number of nitrogens with zero attached hydrogens (tertiary/aromatic N) is 2. The van der Waals surface area contributed by atoms with E-state index in [1.54, 1.807) is 16.8 Å². The number of aryl methyl sites for hydroxylation is 2. The molecule has 1 atom stereocenters. The number of ether oxygens (including phenoxy) is 1. The Balaban J connectivity index is 1.43. The van der Waals surface area contributed by atoms with Gasteiger partial charge in [-0.2, -0.15) is 9.65 Å². The number of hydrogen-bond donors (Lipinski definition) is 1. The largest absolute Gasteiger partial charge is 0.489 e. The molecule has 1 N–H and O–H groups in total. The fourth-order valence-electron chi connectivity index (χ4n) is 3.59. The van der Waals surface area contributed by atoms with Crippen LogP contribution in [-0.4, -0.2) is 14.3 Å². The average Bonchev–Trinajstić information content (AvgIpc) is 3.26. The van der Waals surface area contributed by atoms with Crippen molar-refractivity contribution in [2.24, 2.45) is 7.05 Å². The van der Waals surface area contributed by atoms with Crippen LogP contribution in [0.15, 0.2) is 53.4 Å². The average molecular weight is 410 g/mol. The molecule has 0 bridgehead atoms. The van der Waals surface area contributed by atoms with E-state index in [0.29, 0.717) is 11.5 Å². The fraction of sp³-hybridized carbons (Fsp3) is 0.261. The predicted octanol–water partition coefficient (Wildman–Crippen LogP) is 4.72. The summed E-state index contributed by atoms with van der Waals surface area (Å²) in [7, 11) is -1.34. The summed E-state index contributed by atoms with van der Waals surface area (Å²) in [5, 5.41) is 4.34. The van der Waals surface area contributed by atoms with Gasteiger partial charge < -0.3 is 4.74 Å². The van der Waals surface area contributed by atoms with Gasteiger partial charge >= 0.3 is 0 Å². The molecule has 0 aliphatic heterocycles. The molecule has 6 heteroatoms. The summed E-state index contributed by atoms with van der Waals surface area (Å²) in [6.07, 6.45) is 5.22. The molecule has 0 spiro atoms. The van der Waals surface area contributed by atoms with Crippen molar-refractivity contribution in [2.75, 3.05) is 0 Å². The van der Waals surface area contributed by atoms with Crippen LogP contribution < -0.4 is 4.74 Å². The van der Waals surface area contributed by atoms with Gasteiger partial charge in [0.15, 0.2) is 10.6 Å². The van der Waals surface area contributed by atoms with Gasteiger partial charge in [0, 0.05) is 18.3 Å². The highest BCUT2D eigenvalue weighted by atomic mass is 32.3. The van der Waals surface area contributed by atoms with E-state index in [-0.39, 0.29) is 5.75 Å². The van der Waals surface area contributed by atoms with E-state index in [2.05, 4.69) is 29.4 Å². The van der Waals surface area contributed by atoms with Crippen LogP contribution in [-0.2, 0) is 40.3 Å². The van der Waals surface area contributed by atoms with Crippen molar-refractivity contribution in [1.29, 1.82) is 0 Å². The summed E-state index contributed by atoms with van der Waals surface area (Å²) in [5.41, 5.74) is 6.02. The molecule has 1 aliphatic carbocycles. The molecule has 0 fully saturated rings. The molecule has 1 aliphatic rings. The summed E-state index contributed by atoms with van der Waals surface area (Å²) in [6.45, 7) is 4.20. The van der Waals surface area contributed by atoms with Gasteiger partial charge in [0.05, 0.1) is 5.69 Å². The summed E-state index contributed by atoms with van der Waals surface area (Å²) in [6, 6.07) is 13.3. The molecule has 1 aromatic heterocycles. The summed E-state index contributed by atoms with van der Waals surface area (Å²) >= 11 is 0.